The molecule has 2 aromatic carbocycles. The minimum Gasteiger partial charge on any atom is -0.489 e. The summed E-state index contributed by atoms with van der Waals surface area (Å²) in [5.74, 6) is 0.421. The second kappa shape index (κ2) is 5.85. The van der Waals surface area contributed by atoms with E-state index in [-0.39, 0.29) is 12.4 Å². The maximum absolute atomic E-state index is 13.0. The molecule has 2 aromatic rings. The maximum Gasteiger partial charge on any atom is 0.125 e. The lowest BCUT2D eigenvalue weighted by atomic mass is 10.1. The molecule has 0 aliphatic heterocycles. The first-order chi connectivity index (χ1) is 9.10. The molecule has 0 bridgehead atoms. The van der Waals surface area contributed by atoms with Crippen LogP contribution in [0, 0.1) is 19.7 Å². The third kappa shape index (κ3) is 3.32. The quantitative estimate of drug-likeness (QED) is 0.911. The molecule has 0 aliphatic carbocycles. The number of halogens is 1. The van der Waals surface area contributed by atoms with Crippen molar-refractivity contribution in [2.24, 2.45) is 0 Å². The Kier molecular flexibility index (Phi) is 4.17. The van der Waals surface area contributed by atoms with Crippen LogP contribution in [0.4, 0.5) is 4.39 Å². The zero-order valence-corrected chi connectivity index (χ0v) is 11.1. The number of aliphatic hydroxyl groups is 1. The van der Waals surface area contributed by atoms with Crippen LogP contribution in [0.3, 0.4) is 0 Å². The van der Waals surface area contributed by atoms with Gasteiger partial charge in [-0.15, -0.1) is 0 Å². The van der Waals surface area contributed by atoms with Gasteiger partial charge in [0.05, 0.1) is 6.61 Å². The Balaban J connectivity index is 2.14. The minimum absolute atomic E-state index is 0.0561. The van der Waals surface area contributed by atoms with Crippen molar-refractivity contribution in [3.63, 3.8) is 0 Å². The SMILES string of the molecule is Cc1ccc(OCc2ccc(F)cc2C)c(CO)c1. The molecule has 100 valence electrons. The molecule has 0 fully saturated rings. The Morgan fingerprint density at radius 3 is 2.53 bits per heavy atom. The van der Waals surface area contributed by atoms with Crippen molar-refractivity contribution < 1.29 is 14.2 Å². The fraction of sp³-hybridized carbons (Fsp3) is 0.250. The lowest BCUT2D eigenvalue weighted by Crippen LogP contribution is -2.01. The Bertz CT molecular complexity index is 579. The standard InChI is InChI=1S/C16H17FO2/c1-11-3-6-16(14(7-11)9-18)19-10-13-4-5-15(17)8-12(13)2/h3-8,18H,9-10H2,1-2H3. The van der Waals surface area contributed by atoms with Gasteiger partial charge < -0.3 is 9.84 Å². The van der Waals surface area contributed by atoms with Gasteiger partial charge in [-0.3, -0.25) is 0 Å². The molecule has 0 unspecified atom stereocenters. The van der Waals surface area contributed by atoms with E-state index in [1.54, 1.807) is 6.07 Å². The molecule has 0 saturated carbocycles. The first-order valence-corrected chi connectivity index (χ1v) is 6.18. The number of aryl methyl sites for hydroxylation is 2. The summed E-state index contributed by atoms with van der Waals surface area (Å²) in [4.78, 5) is 0. The van der Waals surface area contributed by atoms with Crippen LogP contribution >= 0.6 is 0 Å². The van der Waals surface area contributed by atoms with Gasteiger partial charge in [-0.1, -0.05) is 23.8 Å². The summed E-state index contributed by atoms with van der Waals surface area (Å²) in [6.07, 6.45) is 0. The summed E-state index contributed by atoms with van der Waals surface area (Å²) in [6.45, 7) is 4.12. The molecule has 2 rings (SSSR count). The molecule has 3 heteroatoms. The Hall–Kier alpha value is -1.87. The van der Waals surface area contributed by atoms with E-state index in [9.17, 15) is 9.50 Å². The van der Waals surface area contributed by atoms with Crippen molar-refractivity contribution in [3.8, 4) is 5.75 Å². The summed E-state index contributed by atoms with van der Waals surface area (Å²) in [5.41, 5.74) is 3.64. The molecule has 19 heavy (non-hydrogen) atoms. The van der Waals surface area contributed by atoms with Crippen LogP contribution in [0.5, 0.6) is 5.75 Å². The summed E-state index contributed by atoms with van der Waals surface area (Å²) in [6, 6.07) is 10.3. The molecular weight excluding hydrogens is 243 g/mol. The predicted molar refractivity (Wildman–Crippen MR) is 72.6 cm³/mol. The molecule has 0 aliphatic rings. The van der Waals surface area contributed by atoms with Gasteiger partial charge in [0, 0.05) is 5.56 Å². The van der Waals surface area contributed by atoms with Gasteiger partial charge >= 0.3 is 0 Å². The Morgan fingerprint density at radius 1 is 1.05 bits per heavy atom. The van der Waals surface area contributed by atoms with E-state index in [0.717, 1.165) is 22.3 Å². The average molecular weight is 260 g/mol. The number of ether oxygens (including phenoxy) is 1. The zero-order chi connectivity index (χ0) is 13.8. The van der Waals surface area contributed by atoms with E-state index in [1.807, 2.05) is 32.0 Å². The van der Waals surface area contributed by atoms with Gasteiger partial charge in [0.2, 0.25) is 0 Å². The maximum atomic E-state index is 13.0. The highest BCUT2D eigenvalue weighted by Gasteiger charge is 2.05. The number of hydrogen-bond acceptors (Lipinski definition) is 2. The number of hydrogen-bond donors (Lipinski definition) is 1. The number of benzene rings is 2. The van der Waals surface area contributed by atoms with Crippen LogP contribution < -0.4 is 4.74 Å². The van der Waals surface area contributed by atoms with Crippen LogP contribution in [0.15, 0.2) is 36.4 Å². The highest BCUT2D eigenvalue weighted by molar-refractivity contribution is 5.37. The summed E-state index contributed by atoms with van der Waals surface area (Å²) >= 11 is 0. The van der Waals surface area contributed by atoms with E-state index >= 15 is 0 Å². The van der Waals surface area contributed by atoms with E-state index in [1.165, 1.54) is 12.1 Å². The van der Waals surface area contributed by atoms with Gasteiger partial charge in [-0.05, 0) is 43.2 Å². The van der Waals surface area contributed by atoms with Gasteiger partial charge in [-0.25, -0.2) is 4.39 Å². The van der Waals surface area contributed by atoms with Crippen LogP contribution in [0.2, 0.25) is 0 Å². The van der Waals surface area contributed by atoms with Gasteiger partial charge in [0.25, 0.3) is 0 Å². The smallest absolute Gasteiger partial charge is 0.125 e. The van der Waals surface area contributed by atoms with Crippen LogP contribution in [-0.4, -0.2) is 5.11 Å². The lowest BCUT2D eigenvalue weighted by Gasteiger charge is -2.12. The van der Waals surface area contributed by atoms with Crippen LogP contribution in [0.1, 0.15) is 22.3 Å². The fourth-order valence-electron chi connectivity index (χ4n) is 1.95. The van der Waals surface area contributed by atoms with Gasteiger partial charge in [0.1, 0.15) is 18.2 Å². The van der Waals surface area contributed by atoms with Crippen molar-refractivity contribution in [2.45, 2.75) is 27.1 Å². The Morgan fingerprint density at radius 2 is 1.84 bits per heavy atom. The monoisotopic (exact) mass is 260 g/mol. The molecule has 0 aromatic heterocycles. The average Bonchev–Trinajstić information content (AvgIpc) is 2.39. The normalized spacial score (nSPS) is 10.5. The third-order valence-corrected chi connectivity index (χ3v) is 3.07. The first kappa shape index (κ1) is 13.6. The highest BCUT2D eigenvalue weighted by atomic mass is 19.1. The Labute approximate surface area is 112 Å². The fourth-order valence-corrected chi connectivity index (χ4v) is 1.95. The molecule has 0 radical (unpaired) electrons. The molecular formula is C16H17FO2. The third-order valence-electron chi connectivity index (χ3n) is 3.07. The molecule has 0 spiro atoms. The van der Waals surface area contributed by atoms with Crippen molar-refractivity contribution in [3.05, 3.63) is 64.5 Å². The van der Waals surface area contributed by atoms with Crippen molar-refractivity contribution in [1.82, 2.24) is 0 Å². The van der Waals surface area contributed by atoms with Crippen LogP contribution in [0.25, 0.3) is 0 Å². The van der Waals surface area contributed by atoms with Crippen molar-refractivity contribution >= 4 is 0 Å². The second-order valence-electron chi connectivity index (χ2n) is 4.63. The van der Waals surface area contributed by atoms with E-state index < -0.39 is 0 Å². The number of aliphatic hydroxyl groups excluding tert-OH is 1. The largest absolute Gasteiger partial charge is 0.489 e. The predicted octanol–water partition coefficient (Wildman–Crippen LogP) is 3.51. The minimum atomic E-state index is -0.243. The van der Waals surface area contributed by atoms with Crippen molar-refractivity contribution in [1.29, 1.82) is 0 Å². The molecule has 0 heterocycles. The number of rotatable bonds is 4. The van der Waals surface area contributed by atoms with Gasteiger partial charge in [0.15, 0.2) is 0 Å². The summed E-state index contributed by atoms with van der Waals surface area (Å²) < 4.78 is 18.7. The van der Waals surface area contributed by atoms with E-state index in [2.05, 4.69) is 0 Å². The molecule has 2 nitrogen and oxygen atoms in total. The first-order valence-electron chi connectivity index (χ1n) is 6.18. The van der Waals surface area contributed by atoms with Crippen LogP contribution in [-0.2, 0) is 13.2 Å². The van der Waals surface area contributed by atoms with E-state index in [4.69, 9.17) is 4.74 Å². The van der Waals surface area contributed by atoms with E-state index in [0.29, 0.717) is 12.4 Å². The lowest BCUT2D eigenvalue weighted by molar-refractivity contribution is 0.258. The molecule has 1 N–H and O–H groups in total. The summed E-state index contributed by atoms with van der Waals surface area (Å²) in [7, 11) is 0. The van der Waals surface area contributed by atoms with Crippen molar-refractivity contribution in [2.75, 3.05) is 0 Å². The topological polar surface area (TPSA) is 29.5 Å². The molecule has 0 amide bonds. The highest BCUT2D eigenvalue weighted by Crippen LogP contribution is 2.22. The van der Waals surface area contributed by atoms with Gasteiger partial charge in [-0.2, -0.15) is 0 Å². The molecule has 0 atom stereocenters. The molecule has 0 saturated heterocycles. The summed E-state index contributed by atoms with van der Waals surface area (Å²) in [5, 5.41) is 9.30. The second-order valence-corrected chi connectivity index (χ2v) is 4.63. The zero-order valence-electron chi connectivity index (χ0n) is 11.1.